The second-order valence-corrected chi connectivity index (χ2v) is 18.2. The first-order valence-electron chi connectivity index (χ1n) is 21.0. The standard InChI is InChI=1S/C25H24N2O2.C13H11NO.C12H15NO2.CH2Cl2.Cl2OS/c28-24(20-12-5-2-6-13-20)21-14-7-8-15-22(21)26-25(29)23-16-9-17-27(23)18-19-10-3-1-4-11-19;14-12-9-5-4-8-11(12)13(15)10-6-2-1-3-7-10;14-12(15)11-7-4-8-13(11)9-10-5-2-1-3-6-10;2-1-3;1-4(2)3/h1-8,10-15,23H,9,16-18H2,(H,26,29);1-9H,14H2;1-3,5-6,11H,4,7-9H2,(H,14,15);1H2;/t23-;;11-;;/m0.0../s1. The number of halogens is 4. The molecule has 0 aliphatic carbocycles. The molecule has 0 unspecified atom stereocenters. The minimum absolute atomic E-state index is 0.0336. The van der Waals surface area contributed by atoms with Crippen LogP contribution in [0.25, 0.3) is 0 Å². The number of hydrogen-bond donors (Lipinski definition) is 3. The quantitative estimate of drug-likeness (QED) is 0.0499. The lowest BCUT2D eigenvalue weighted by Gasteiger charge is -2.24. The van der Waals surface area contributed by atoms with Crippen molar-refractivity contribution in [2.45, 2.75) is 50.9 Å². The van der Waals surface area contributed by atoms with Gasteiger partial charge >= 0.3 is 5.97 Å². The van der Waals surface area contributed by atoms with Gasteiger partial charge in [-0.3, -0.25) is 29.0 Å². The van der Waals surface area contributed by atoms with Gasteiger partial charge in [-0.25, -0.2) is 4.21 Å². The van der Waals surface area contributed by atoms with Crippen LogP contribution in [0.5, 0.6) is 0 Å². The van der Waals surface area contributed by atoms with Gasteiger partial charge in [0, 0.05) is 62.4 Å². The van der Waals surface area contributed by atoms with Crippen molar-refractivity contribution in [3.05, 3.63) is 203 Å². The molecule has 346 valence electrons. The second kappa shape index (κ2) is 29.3. The zero-order chi connectivity index (χ0) is 47.7. The fourth-order valence-electron chi connectivity index (χ4n) is 7.44. The summed E-state index contributed by atoms with van der Waals surface area (Å²) in [6.07, 6.45) is 3.59. The number of anilines is 2. The number of benzene rings is 6. The molecular weight excluding hydrogens is 938 g/mol. The summed E-state index contributed by atoms with van der Waals surface area (Å²) >= 11 is 9.53. The molecular formula is C51H52Cl4N4O6S. The average molecular weight is 991 g/mol. The molecule has 2 heterocycles. The Kier molecular flexibility index (Phi) is 23.6. The number of carbonyl (C=O) groups excluding carboxylic acids is 3. The zero-order valence-electron chi connectivity index (χ0n) is 36.1. The number of carboxylic acids is 1. The number of nitrogens with one attached hydrogen (secondary N) is 1. The number of likely N-dealkylation sites (tertiary alicyclic amines) is 2. The Bertz CT molecular complexity index is 2440. The van der Waals surface area contributed by atoms with Gasteiger partial charge in [-0.2, -0.15) is 0 Å². The molecule has 0 radical (unpaired) electrons. The maximum absolute atomic E-state index is 13.1. The molecule has 1 amide bonds. The molecule has 0 saturated carbocycles. The lowest BCUT2D eigenvalue weighted by atomic mass is 10.0. The second-order valence-electron chi connectivity index (χ2n) is 14.9. The van der Waals surface area contributed by atoms with E-state index in [-0.39, 0.29) is 34.9 Å². The first-order chi connectivity index (χ1) is 31.9. The van der Waals surface area contributed by atoms with Crippen LogP contribution < -0.4 is 11.1 Å². The average Bonchev–Trinajstić information content (AvgIpc) is 4.01. The van der Waals surface area contributed by atoms with Crippen molar-refractivity contribution in [2.75, 3.05) is 29.5 Å². The summed E-state index contributed by atoms with van der Waals surface area (Å²) in [5.41, 5.74) is 11.6. The number of aliphatic carboxylic acids is 1. The maximum Gasteiger partial charge on any atom is 0.320 e. The van der Waals surface area contributed by atoms with Gasteiger partial charge in [-0.15, -0.1) is 23.2 Å². The van der Waals surface area contributed by atoms with Crippen molar-refractivity contribution in [1.82, 2.24) is 9.80 Å². The number of nitrogens with zero attached hydrogens (tertiary/aromatic N) is 2. The minimum atomic E-state index is -1.67. The van der Waals surface area contributed by atoms with Crippen LogP contribution in [-0.4, -0.2) is 73.1 Å². The van der Waals surface area contributed by atoms with Crippen LogP contribution >= 0.6 is 44.6 Å². The third-order valence-electron chi connectivity index (χ3n) is 10.5. The van der Waals surface area contributed by atoms with Gasteiger partial charge in [-0.1, -0.05) is 146 Å². The smallest absolute Gasteiger partial charge is 0.320 e. The normalized spacial score (nSPS) is 15.2. The number of amides is 1. The number of nitrogens with two attached hydrogens (primary N) is 1. The fraction of sp³-hybridized carbons (Fsp3) is 0.216. The van der Waals surface area contributed by atoms with E-state index in [0.29, 0.717) is 33.6 Å². The third kappa shape index (κ3) is 17.8. The van der Waals surface area contributed by atoms with Crippen LogP contribution in [-0.2, 0) is 31.9 Å². The van der Waals surface area contributed by atoms with Crippen molar-refractivity contribution in [3.8, 4) is 0 Å². The summed E-state index contributed by atoms with van der Waals surface area (Å²) in [7, 11) is 7.36. The molecule has 0 spiro atoms. The molecule has 10 nitrogen and oxygen atoms in total. The molecule has 2 atom stereocenters. The molecule has 2 saturated heterocycles. The van der Waals surface area contributed by atoms with Crippen LogP contribution in [0.15, 0.2) is 170 Å². The summed E-state index contributed by atoms with van der Waals surface area (Å²) in [4.78, 5) is 53.2. The Morgan fingerprint density at radius 3 is 1.39 bits per heavy atom. The van der Waals surface area contributed by atoms with Gasteiger partial charge in [0.2, 0.25) is 15.1 Å². The van der Waals surface area contributed by atoms with E-state index in [9.17, 15) is 19.2 Å². The summed E-state index contributed by atoms with van der Waals surface area (Å²) in [6.45, 7) is 3.30. The lowest BCUT2D eigenvalue weighted by Crippen LogP contribution is -2.39. The summed E-state index contributed by atoms with van der Waals surface area (Å²) in [6, 6.07) is 52.4. The summed E-state index contributed by atoms with van der Waals surface area (Å²) in [5, 5.41) is 12.2. The van der Waals surface area contributed by atoms with Crippen LogP contribution in [0.1, 0.15) is 68.7 Å². The molecule has 6 aromatic rings. The van der Waals surface area contributed by atoms with Gasteiger partial charge in [0.1, 0.15) is 6.04 Å². The Hall–Kier alpha value is -5.37. The van der Waals surface area contributed by atoms with E-state index in [0.717, 1.165) is 51.9 Å². The van der Waals surface area contributed by atoms with Gasteiger partial charge in [-0.05, 0) is 74.2 Å². The number of rotatable bonds is 11. The van der Waals surface area contributed by atoms with Gasteiger partial charge < -0.3 is 16.2 Å². The molecule has 8 rings (SSSR count). The molecule has 0 aromatic heterocycles. The number of carbonyl (C=O) groups is 4. The fourth-order valence-corrected chi connectivity index (χ4v) is 7.44. The van der Waals surface area contributed by atoms with E-state index in [1.165, 1.54) is 11.1 Å². The maximum atomic E-state index is 13.1. The van der Waals surface area contributed by atoms with E-state index in [2.05, 4.69) is 43.7 Å². The Morgan fingerprint density at radius 1 is 0.576 bits per heavy atom. The van der Waals surface area contributed by atoms with Crippen LogP contribution in [0, 0.1) is 0 Å². The summed E-state index contributed by atoms with van der Waals surface area (Å²) < 4.78 is 9.09. The first-order valence-corrected chi connectivity index (χ1v) is 24.9. The van der Waals surface area contributed by atoms with Crippen LogP contribution in [0.2, 0.25) is 0 Å². The highest BCUT2D eigenvalue weighted by Gasteiger charge is 2.32. The van der Waals surface area contributed by atoms with E-state index >= 15 is 0 Å². The summed E-state index contributed by atoms with van der Waals surface area (Å²) in [5.74, 6) is -0.863. The lowest BCUT2D eigenvalue weighted by molar-refractivity contribution is -0.142. The largest absolute Gasteiger partial charge is 0.480 e. The number of carboxylic acid groups (broad SMARTS) is 1. The highest BCUT2D eigenvalue weighted by molar-refractivity contribution is 8.26. The molecule has 66 heavy (non-hydrogen) atoms. The Balaban J connectivity index is 0.000000217. The van der Waals surface area contributed by atoms with Crippen molar-refractivity contribution >= 4 is 88.6 Å². The predicted octanol–water partition coefficient (Wildman–Crippen LogP) is 11.2. The highest BCUT2D eigenvalue weighted by Crippen LogP contribution is 2.25. The topological polar surface area (TPSA) is 150 Å². The van der Waals surface area contributed by atoms with E-state index in [4.69, 9.17) is 38.3 Å². The third-order valence-corrected chi connectivity index (χ3v) is 10.5. The van der Waals surface area contributed by atoms with E-state index in [1.807, 2.05) is 114 Å². The molecule has 2 fully saturated rings. The van der Waals surface area contributed by atoms with Gasteiger partial charge in [0.05, 0.1) is 17.1 Å². The Morgan fingerprint density at radius 2 is 0.939 bits per heavy atom. The highest BCUT2D eigenvalue weighted by atomic mass is 36.0. The predicted molar refractivity (Wildman–Crippen MR) is 269 cm³/mol. The first kappa shape index (κ1) is 53.2. The number of nitrogen functional groups attached to an aromatic ring is 1. The van der Waals surface area contributed by atoms with Crippen molar-refractivity contribution < 1.29 is 28.5 Å². The monoisotopic (exact) mass is 988 g/mol. The van der Waals surface area contributed by atoms with Crippen LogP contribution in [0.3, 0.4) is 0 Å². The minimum Gasteiger partial charge on any atom is -0.480 e. The van der Waals surface area contributed by atoms with Crippen molar-refractivity contribution in [3.63, 3.8) is 0 Å². The molecule has 6 aromatic carbocycles. The molecule has 4 N–H and O–H groups in total. The van der Waals surface area contributed by atoms with Gasteiger partial charge in [0.25, 0.3) is 0 Å². The molecule has 15 heteroatoms. The SMILES string of the molecule is ClCCl.Nc1ccccc1C(=O)c1ccccc1.O=C(O)[C@@H]1CCCN1Cc1ccccc1.O=C(c1ccccc1)c1ccccc1NC(=O)[C@@H]1CCCN1Cc1ccccc1.O=S(Cl)Cl. The number of hydrogen-bond acceptors (Lipinski definition) is 8. The van der Waals surface area contributed by atoms with E-state index in [1.54, 1.807) is 48.5 Å². The molecule has 0 bridgehead atoms. The number of para-hydroxylation sites is 2. The number of ketones is 2. The van der Waals surface area contributed by atoms with Crippen molar-refractivity contribution in [2.24, 2.45) is 0 Å². The van der Waals surface area contributed by atoms with Crippen LogP contribution in [0.4, 0.5) is 11.4 Å². The number of alkyl halides is 2. The Labute approximate surface area is 408 Å². The molecule has 2 aliphatic heterocycles. The van der Waals surface area contributed by atoms with Crippen molar-refractivity contribution in [1.29, 1.82) is 0 Å². The van der Waals surface area contributed by atoms with E-state index < -0.39 is 15.2 Å². The van der Waals surface area contributed by atoms with Gasteiger partial charge in [0.15, 0.2) is 11.6 Å². The molecule has 2 aliphatic rings. The zero-order valence-corrected chi connectivity index (χ0v) is 39.9.